The molecular formula is C5H15NaO5. The van der Waals surface area contributed by atoms with Gasteiger partial charge in [0.2, 0.25) is 0 Å². The predicted molar refractivity (Wildman–Crippen MR) is 35.3 cm³/mol. The van der Waals surface area contributed by atoms with Crippen molar-refractivity contribution in [1.29, 1.82) is 0 Å². The van der Waals surface area contributed by atoms with Crippen molar-refractivity contribution in [2.75, 3.05) is 33.5 Å². The van der Waals surface area contributed by atoms with E-state index in [1.165, 1.54) is 0 Å². The molecule has 11 heavy (non-hydrogen) atoms. The molecule has 0 amide bonds. The molecule has 6 heteroatoms. The minimum Gasteiger partial charge on any atom is -0.870 e. The van der Waals surface area contributed by atoms with Crippen LogP contribution < -0.4 is 29.6 Å². The molecule has 1 fully saturated rings. The van der Waals surface area contributed by atoms with E-state index in [0.29, 0.717) is 0 Å². The minimum absolute atomic E-state index is 0. The Labute approximate surface area is 88.6 Å². The third-order valence-corrected chi connectivity index (χ3v) is 0.744. The molecule has 1 rings (SSSR count). The molecule has 0 bridgehead atoms. The van der Waals surface area contributed by atoms with E-state index < -0.39 is 0 Å². The average Bonchev–Trinajstić information content (AvgIpc) is 1.96. The molecule has 1 saturated heterocycles. The maximum absolute atomic E-state index is 7.00. The van der Waals surface area contributed by atoms with Gasteiger partial charge in [-0.25, -0.2) is 0 Å². The van der Waals surface area contributed by atoms with Gasteiger partial charge in [-0.1, -0.05) is 0 Å². The molecule has 0 unspecified atom stereocenters. The van der Waals surface area contributed by atoms with E-state index in [0.717, 1.165) is 33.5 Å². The second-order valence-corrected chi connectivity index (χ2v) is 1.22. The predicted octanol–water partition coefficient (Wildman–Crippen LogP) is -4.36. The van der Waals surface area contributed by atoms with Gasteiger partial charge in [-0.15, -0.1) is 0 Å². The van der Waals surface area contributed by atoms with Gasteiger partial charge in [-0.2, -0.15) is 0 Å². The summed E-state index contributed by atoms with van der Waals surface area (Å²) in [5.74, 6) is 0. The Morgan fingerprint density at radius 2 is 1.09 bits per heavy atom. The summed E-state index contributed by atoms with van der Waals surface area (Å²) in [7, 11) is 1.00. The Morgan fingerprint density at radius 3 is 1.18 bits per heavy atom. The first kappa shape index (κ1) is 22.6. The van der Waals surface area contributed by atoms with Crippen LogP contribution in [0.4, 0.5) is 0 Å². The van der Waals surface area contributed by atoms with Crippen LogP contribution >= 0.6 is 0 Å². The van der Waals surface area contributed by atoms with E-state index in [4.69, 9.17) is 14.6 Å². The molecule has 66 valence electrons. The largest absolute Gasteiger partial charge is 1.00 e. The zero-order valence-electron chi connectivity index (χ0n) is 7.04. The summed E-state index contributed by atoms with van der Waals surface area (Å²) >= 11 is 0. The Morgan fingerprint density at radius 1 is 0.909 bits per heavy atom. The van der Waals surface area contributed by atoms with Gasteiger partial charge in [0.1, 0.15) is 0 Å². The zero-order valence-corrected chi connectivity index (χ0v) is 9.04. The first-order chi connectivity index (χ1) is 4.00. The summed E-state index contributed by atoms with van der Waals surface area (Å²) < 4.78 is 9.89. The number of aliphatic hydroxyl groups is 1. The van der Waals surface area contributed by atoms with Crippen LogP contribution in [0, 0.1) is 0 Å². The summed E-state index contributed by atoms with van der Waals surface area (Å²) in [6.07, 6.45) is 0. The van der Waals surface area contributed by atoms with Crippen LogP contribution in [-0.4, -0.2) is 49.6 Å². The third kappa shape index (κ3) is 18.1. The second kappa shape index (κ2) is 22.4. The van der Waals surface area contributed by atoms with Crippen molar-refractivity contribution >= 4 is 0 Å². The molecular weight excluding hydrogens is 163 g/mol. The van der Waals surface area contributed by atoms with Crippen LogP contribution in [-0.2, 0) is 9.47 Å². The van der Waals surface area contributed by atoms with Gasteiger partial charge < -0.3 is 25.5 Å². The first-order valence-corrected chi connectivity index (χ1v) is 2.60. The van der Waals surface area contributed by atoms with Crippen molar-refractivity contribution in [2.45, 2.75) is 0 Å². The third-order valence-electron chi connectivity index (χ3n) is 0.744. The van der Waals surface area contributed by atoms with Gasteiger partial charge in [0.15, 0.2) is 0 Å². The summed E-state index contributed by atoms with van der Waals surface area (Å²) in [6, 6.07) is 0. The normalized spacial score (nSPS) is 13.6. The van der Waals surface area contributed by atoms with E-state index >= 15 is 0 Å². The number of ether oxygens (including phenoxy) is 2. The molecule has 0 spiro atoms. The Hall–Kier alpha value is 0.800. The Balaban J connectivity index is -0.0000000459. The van der Waals surface area contributed by atoms with E-state index in [-0.39, 0.29) is 40.5 Å². The summed E-state index contributed by atoms with van der Waals surface area (Å²) in [5, 5.41) is 7.00. The second-order valence-electron chi connectivity index (χ2n) is 1.22. The van der Waals surface area contributed by atoms with Crippen molar-refractivity contribution in [2.24, 2.45) is 0 Å². The van der Waals surface area contributed by atoms with Crippen molar-refractivity contribution in [1.82, 2.24) is 0 Å². The van der Waals surface area contributed by atoms with Crippen LogP contribution in [0.1, 0.15) is 0 Å². The van der Waals surface area contributed by atoms with Crippen molar-refractivity contribution in [3.05, 3.63) is 0 Å². The van der Waals surface area contributed by atoms with Gasteiger partial charge in [0.05, 0.1) is 26.4 Å². The maximum atomic E-state index is 7.00. The van der Waals surface area contributed by atoms with Crippen LogP contribution in [0.2, 0.25) is 0 Å². The molecule has 0 aliphatic carbocycles. The number of rotatable bonds is 0. The molecule has 0 saturated carbocycles. The summed E-state index contributed by atoms with van der Waals surface area (Å²) in [4.78, 5) is 0. The molecule has 0 aromatic heterocycles. The SMILES string of the molecule is C1COCCO1.CO.O.[Na+].[OH-]. The van der Waals surface area contributed by atoms with E-state index in [1.54, 1.807) is 0 Å². The maximum Gasteiger partial charge on any atom is 1.00 e. The smallest absolute Gasteiger partial charge is 0.870 e. The van der Waals surface area contributed by atoms with Crippen LogP contribution in [0.3, 0.4) is 0 Å². The first-order valence-electron chi connectivity index (χ1n) is 2.60. The Kier molecular flexibility index (Phi) is 46.1. The molecule has 0 aromatic rings. The number of hydrogen-bond acceptors (Lipinski definition) is 4. The van der Waals surface area contributed by atoms with Gasteiger partial charge in [-0.05, 0) is 0 Å². The molecule has 1 heterocycles. The molecule has 5 nitrogen and oxygen atoms in total. The molecule has 1 aliphatic heterocycles. The van der Waals surface area contributed by atoms with E-state index in [9.17, 15) is 0 Å². The minimum atomic E-state index is 0. The summed E-state index contributed by atoms with van der Waals surface area (Å²) in [6.45, 7) is 3.11. The standard InChI is InChI=1S/C4H8O2.CH4O.Na.2H2O/c1-2-6-4-3-5-1;1-2;;;/h1-4H2;2H,1H3;;2*1H2/q;;+1;;/p-1. The average molecular weight is 178 g/mol. The van der Waals surface area contributed by atoms with Gasteiger partial charge >= 0.3 is 29.6 Å². The topological polar surface area (TPSA) is 100 Å². The molecule has 0 aromatic carbocycles. The molecule has 0 atom stereocenters. The monoisotopic (exact) mass is 178 g/mol. The van der Waals surface area contributed by atoms with Crippen molar-refractivity contribution < 1.29 is 55.1 Å². The van der Waals surface area contributed by atoms with Gasteiger partial charge in [0.25, 0.3) is 0 Å². The van der Waals surface area contributed by atoms with Crippen LogP contribution in [0.5, 0.6) is 0 Å². The Bertz CT molecular complexity index is 30.3. The number of aliphatic hydroxyl groups excluding tert-OH is 1. The quantitative estimate of drug-likeness (QED) is 0.379. The van der Waals surface area contributed by atoms with Gasteiger partial charge in [-0.3, -0.25) is 0 Å². The van der Waals surface area contributed by atoms with E-state index in [1.807, 2.05) is 0 Å². The van der Waals surface area contributed by atoms with Gasteiger partial charge in [0, 0.05) is 7.11 Å². The molecule has 1 aliphatic rings. The fraction of sp³-hybridized carbons (Fsp3) is 1.00. The zero-order chi connectivity index (χ0) is 6.24. The fourth-order valence-electron chi connectivity index (χ4n) is 0.440. The number of hydrogen-bond donors (Lipinski definition) is 1. The van der Waals surface area contributed by atoms with E-state index in [2.05, 4.69) is 0 Å². The molecule has 4 N–H and O–H groups in total. The summed E-state index contributed by atoms with van der Waals surface area (Å²) in [5.41, 5.74) is 0. The molecule has 0 radical (unpaired) electrons. The van der Waals surface area contributed by atoms with Crippen molar-refractivity contribution in [3.8, 4) is 0 Å². The fourth-order valence-corrected chi connectivity index (χ4v) is 0.440. The van der Waals surface area contributed by atoms with Crippen LogP contribution in [0.15, 0.2) is 0 Å². The van der Waals surface area contributed by atoms with Crippen molar-refractivity contribution in [3.63, 3.8) is 0 Å². The van der Waals surface area contributed by atoms with Crippen LogP contribution in [0.25, 0.3) is 0 Å².